The highest BCUT2D eigenvalue weighted by Crippen LogP contribution is 2.38. The van der Waals surface area contributed by atoms with Gasteiger partial charge in [-0.1, -0.05) is 12.1 Å². The van der Waals surface area contributed by atoms with Gasteiger partial charge in [-0.05, 0) is 18.6 Å². The quantitative estimate of drug-likeness (QED) is 0.681. The average Bonchev–Trinajstić information content (AvgIpc) is 2.45. The number of furan rings is 1. The van der Waals surface area contributed by atoms with E-state index >= 15 is 0 Å². The second-order valence-corrected chi connectivity index (χ2v) is 2.80. The molecule has 0 aliphatic carbocycles. The second-order valence-electron chi connectivity index (χ2n) is 2.80. The fraction of sp³-hybridized carbons (Fsp3) is 0.111. The van der Waals surface area contributed by atoms with Gasteiger partial charge in [0.2, 0.25) is 0 Å². The zero-order valence-corrected chi connectivity index (χ0v) is 6.94. The summed E-state index contributed by atoms with van der Waals surface area (Å²) in [7, 11) is 0. The first-order valence-corrected chi connectivity index (χ1v) is 3.78. The van der Waals surface area contributed by atoms with Crippen LogP contribution >= 0.6 is 0 Å². The largest absolute Gasteiger partial charge is 0.502 e. The standard InChI is InChI=1S/C9H7NO3/c1-5-3-2-4-6-7(11)9(10-12)13-8(5)6/h2-4,11H,1H3. The Balaban J connectivity index is 2.91. The Hall–Kier alpha value is -1.84. The van der Waals surface area contributed by atoms with Crippen molar-refractivity contribution in [1.82, 2.24) is 0 Å². The van der Waals surface area contributed by atoms with E-state index in [2.05, 4.69) is 5.18 Å². The third-order valence-corrected chi connectivity index (χ3v) is 1.95. The van der Waals surface area contributed by atoms with E-state index < -0.39 is 0 Å². The van der Waals surface area contributed by atoms with Crippen molar-refractivity contribution in [3.05, 3.63) is 28.7 Å². The zero-order chi connectivity index (χ0) is 9.42. The predicted molar refractivity (Wildman–Crippen MR) is 48.1 cm³/mol. The molecular formula is C9H7NO3. The van der Waals surface area contributed by atoms with Crippen LogP contribution in [0.4, 0.5) is 5.88 Å². The first-order valence-electron chi connectivity index (χ1n) is 3.78. The van der Waals surface area contributed by atoms with Gasteiger partial charge in [-0.25, -0.2) is 0 Å². The highest BCUT2D eigenvalue weighted by Gasteiger charge is 2.14. The molecule has 0 saturated carbocycles. The van der Waals surface area contributed by atoms with Gasteiger partial charge < -0.3 is 9.52 Å². The van der Waals surface area contributed by atoms with Crippen LogP contribution in [0.25, 0.3) is 11.0 Å². The number of aromatic hydroxyl groups is 1. The summed E-state index contributed by atoms with van der Waals surface area (Å²) in [5.41, 5.74) is 1.37. The molecule has 2 rings (SSSR count). The molecule has 4 nitrogen and oxygen atoms in total. The van der Waals surface area contributed by atoms with Crippen LogP contribution < -0.4 is 0 Å². The molecule has 66 valence electrons. The number of para-hydroxylation sites is 1. The van der Waals surface area contributed by atoms with Crippen molar-refractivity contribution in [1.29, 1.82) is 0 Å². The highest BCUT2D eigenvalue weighted by atomic mass is 16.4. The Labute approximate surface area is 73.8 Å². The normalized spacial score (nSPS) is 10.5. The fourth-order valence-corrected chi connectivity index (χ4v) is 1.30. The maximum atomic E-state index is 10.2. The molecule has 1 aromatic heterocycles. The van der Waals surface area contributed by atoms with Gasteiger partial charge in [0, 0.05) is 5.18 Å². The molecule has 1 N–H and O–H groups in total. The molecule has 0 aliphatic heterocycles. The molecule has 0 amide bonds. The van der Waals surface area contributed by atoms with Crippen LogP contribution in [0.5, 0.6) is 5.75 Å². The first kappa shape index (κ1) is 7.79. The van der Waals surface area contributed by atoms with Gasteiger partial charge >= 0.3 is 5.88 Å². The lowest BCUT2D eigenvalue weighted by atomic mass is 10.2. The Morgan fingerprint density at radius 3 is 2.85 bits per heavy atom. The van der Waals surface area contributed by atoms with E-state index in [-0.39, 0.29) is 11.6 Å². The number of rotatable bonds is 1. The molecule has 1 aromatic carbocycles. The van der Waals surface area contributed by atoms with E-state index in [1.165, 1.54) is 0 Å². The molecule has 0 radical (unpaired) electrons. The summed E-state index contributed by atoms with van der Waals surface area (Å²) in [6.45, 7) is 1.83. The van der Waals surface area contributed by atoms with Gasteiger partial charge in [0.15, 0.2) is 5.75 Å². The molecule has 0 atom stereocenters. The minimum absolute atomic E-state index is 0.186. The van der Waals surface area contributed by atoms with E-state index in [4.69, 9.17) is 4.42 Å². The smallest absolute Gasteiger partial charge is 0.304 e. The summed E-state index contributed by atoms with van der Waals surface area (Å²) in [4.78, 5) is 10.2. The van der Waals surface area contributed by atoms with Crippen LogP contribution in [0.15, 0.2) is 27.8 Å². The van der Waals surface area contributed by atoms with Crippen LogP contribution in [0, 0.1) is 11.8 Å². The highest BCUT2D eigenvalue weighted by molar-refractivity contribution is 5.90. The van der Waals surface area contributed by atoms with Gasteiger partial charge in [-0.15, -0.1) is 4.91 Å². The van der Waals surface area contributed by atoms with Crippen molar-refractivity contribution < 1.29 is 9.52 Å². The number of nitrogens with zero attached hydrogens (tertiary/aromatic N) is 1. The van der Waals surface area contributed by atoms with Crippen molar-refractivity contribution in [3.63, 3.8) is 0 Å². The summed E-state index contributed by atoms with van der Waals surface area (Å²) < 4.78 is 5.05. The van der Waals surface area contributed by atoms with Gasteiger partial charge in [0.25, 0.3) is 0 Å². The van der Waals surface area contributed by atoms with Crippen molar-refractivity contribution in [2.75, 3.05) is 0 Å². The Bertz CT molecular complexity index is 473. The molecule has 0 saturated heterocycles. The van der Waals surface area contributed by atoms with Crippen molar-refractivity contribution in [2.24, 2.45) is 5.18 Å². The molecule has 1 heterocycles. The number of hydrogen-bond acceptors (Lipinski definition) is 4. The SMILES string of the molecule is Cc1cccc2c(O)c(N=O)oc12. The fourth-order valence-electron chi connectivity index (χ4n) is 1.30. The van der Waals surface area contributed by atoms with Gasteiger partial charge in [0.05, 0.1) is 5.39 Å². The summed E-state index contributed by atoms with van der Waals surface area (Å²) in [5, 5.41) is 12.5. The predicted octanol–water partition coefficient (Wildman–Crippen LogP) is 2.84. The molecular weight excluding hydrogens is 170 g/mol. The van der Waals surface area contributed by atoms with Crippen LogP contribution in [0.3, 0.4) is 0 Å². The van der Waals surface area contributed by atoms with Crippen molar-refractivity contribution >= 4 is 16.9 Å². The molecule has 0 spiro atoms. The summed E-state index contributed by atoms with van der Waals surface area (Å²) in [6.07, 6.45) is 0. The number of hydrogen-bond donors (Lipinski definition) is 1. The molecule has 0 bridgehead atoms. The monoisotopic (exact) mass is 177 g/mol. The third kappa shape index (κ3) is 0.989. The van der Waals surface area contributed by atoms with E-state index in [0.717, 1.165) is 5.56 Å². The number of aryl methyl sites for hydroxylation is 1. The number of nitroso groups, excluding NO2 is 1. The summed E-state index contributed by atoms with van der Waals surface area (Å²) in [6, 6.07) is 5.29. The molecule has 13 heavy (non-hydrogen) atoms. The lowest BCUT2D eigenvalue weighted by Crippen LogP contribution is -1.70. The molecule has 0 aliphatic rings. The van der Waals surface area contributed by atoms with Crippen LogP contribution in [-0.4, -0.2) is 5.11 Å². The number of benzene rings is 1. The third-order valence-electron chi connectivity index (χ3n) is 1.95. The van der Waals surface area contributed by atoms with E-state index in [0.29, 0.717) is 11.0 Å². The summed E-state index contributed by atoms with van der Waals surface area (Å²) >= 11 is 0. The maximum absolute atomic E-state index is 10.2. The van der Waals surface area contributed by atoms with Crippen molar-refractivity contribution in [3.8, 4) is 5.75 Å². The molecule has 2 aromatic rings. The Morgan fingerprint density at radius 1 is 1.46 bits per heavy atom. The zero-order valence-electron chi connectivity index (χ0n) is 6.94. The van der Waals surface area contributed by atoms with Crippen LogP contribution in [0.2, 0.25) is 0 Å². The molecule has 4 heteroatoms. The van der Waals surface area contributed by atoms with E-state index in [1.54, 1.807) is 12.1 Å². The molecule has 0 unspecified atom stereocenters. The van der Waals surface area contributed by atoms with Crippen LogP contribution in [-0.2, 0) is 0 Å². The van der Waals surface area contributed by atoms with E-state index in [1.807, 2.05) is 13.0 Å². The minimum atomic E-state index is -0.260. The average molecular weight is 177 g/mol. The topological polar surface area (TPSA) is 62.8 Å². The van der Waals surface area contributed by atoms with Crippen molar-refractivity contribution in [2.45, 2.75) is 6.92 Å². The molecule has 0 fully saturated rings. The van der Waals surface area contributed by atoms with Gasteiger partial charge in [-0.3, -0.25) is 0 Å². The lowest BCUT2D eigenvalue weighted by Gasteiger charge is -1.91. The minimum Gasteiger partial charge on any atom is -0.502 e. The summed E-state index contributed by atoms with van der Waals surface area (Å²) in [5.74, 6) is -0.446. The Morgan fingerprint density at radius 2 is 2.23 bits per heavy atom. The van der Waals surface area contributed by atoms with Gasteiger partial charge in [-0.2, -0.15) is 0 Å². The van der Waals surface area contributed by atoms with Gasteiger partial charge in [0.1, 0.15) is 5.58 Å². The van der Waals surface area contributed by atoms with E-state index in [9.17, 15) is 10.0 Å². The van der Waals surface area contributed by atoms with Crippen LogP contribution in [0.1, 0.15) is 5.56 Å². The lowest BCUT2D eigenvalue weighted by molar-refractivity contribution is 0.469. The maximum Gasteiger partial charge on any atom is 0.304 e. The number of fused-ring (bicyclic) bond motifs is 1. The Kier molecular flexibility index (Phi) is 1.55. The second kappa shape index (κ2) is 2.58. The first-order chi connectivity index (χ1) is 6.24.